The van der Waals surface area contributed by atoms with Crippen LogP contribution in [-0.4, -0.2) is 34.5 Å². The van der Waals surface area contributed by atoms with Crippen LogP contribution in [-0.2, 0) is 0 Å². The van der Waals surface area contributed by atoms with Crippen LogP contribution in [0.3, 0.4) is 0 Å². The quantitative estimate of drug-likeness (QED) is 0.520. The Labute approximate surface area is 164 Å². The minimum atomic E-state index is 0. The predicted octanol–water partition coefficient (Wildman–Crippen LogP) is 5.21. The van der Waals surface area contributed by atoms with Gasteiger partial charge in [0.25, 0.3) is 0 Å². The molecule has 1 unspecified atom stereocenters. The molecule has 7 rings (SSSR count). The monoisotopic (exact) mass is 379 g/mol. The number of hydrogen-bond acceptors (Lipinski definition) is 3. The van der Waals surface area contributed by atoms with Crippen LogP contribution < -0.4 is 0 Å². The second-order valence-corrected chi connectivity index (χ2v) is 7.71. The summed E-state index contributed by atoms with van der Waals surface area (Å²) in [6, 6.07) is 14.3. The smallest absolute Gasteiger partial charge is 0.227 e. The first-order valence-electron chi connectivity index (χ1n) is 9.55. The normalized spacial score (nSPS) is 24.4. The molecular formula is C22H22ClN3O. The molecule has 138 valence electrons. The maximum Gasteiger partial charge on any atom is 0.227 e. The Morgan fingerprint density at radius 2 is 1.85 bits per heavy atom. The minimum absolute atomic E-state index is 0. The third-order valence-electron chi connectivity index (χ3n) is 6.31. The summed E-state index contributed by atoms with van der Waals surface area (Å²) in [5.41, 5.74) is 5.48. The molecule has 3 fully saturated rings. The summed E-state index contributed by atoms with van der Waals surface area (Å²) in [6.45, 7) is 3.71. The summed E-state index contributed by atoms with van der Waals surface area (Å²) >= 11 is 0. The Hall–Kier alpha value is -2.30. The summed E-state index contributed by atoms with van der Waals surface area (Å²) < 4.78 is 6.10. The van der Waals surface area contributed by atoms with Crippen molar-refractivity contribution in [2.75, 3.05) is 19.6 Å². The van der Waals surface area contributed by atoms with Gasteiger partial charge in [-0.1, -0.05) is 18.2 Å². The van der Waals surface area contributed by atoms with Gasteiger partial charge in [-0.25, -0.2) is 4.98 Å². The summed E-state index contributed by atoms with van der Waals surface area (Å²) in [5.74, 6) is 2.11. The van der Waals surface area contributed by atoms with E-state index in [-0.39, 0.29) is 12.4 Å². The Bertz CT molecular complexity index is 1090. The van der Waals surface area contributed by atoms with Crippen molar-refractivity contribution in [3.63, 3.8) is 0 Å². The molecule has 0 aliphatic carbocycles. The van der Waals surface area contributed by atoms with Crippen LogP contribution in [0.2, 0.25) is 0 Å². The zero-order chi connectivity index (χ0) is 17.1. The van der Waals surface area contributed by atoms with Gasteiger partial charge in [0.2, 0.25) is 5.89 Å². The molecule has 5 heterocycles. The van der Waals surface area contributed by atoms with Crippen LogP contribution in [0, 0.1) is 5.92 Å². The SMILES string of the molecule is Cl.c1ccc(-c2nc3c(ccc4[nH]cc(C5CN6CCC5CC6)c43)o2)cc1. The molecule has 4 aromatic rings. The van der Waals surface area contributed by atoms with Crippen molar-refractivity contribution < 1.29 is 4.42 Å². The van der Waals surface area contributed by atoms with Gasteiger partial charge >= 0.3 is 0 Å². The molecule has 27 heavy (non-hydrogen) atoms. The Kier molecular flexibility index (Phi) is 3.99. The second kappa shape index (κ2) is 6.39. The Morgan fingerprint density at radius 1 is 1.04 bits per heavy atom. The molecule has 3 aliphatic rings. The molecule has 3 aliphatic heterocycles. The highest BCUT2D eigenvalue weighted by Gasteiger charge is 2.36. The van der Waals surface area contributed by atoms with Crippen molar-refractivity contribution in [3.05, 3.63) is 54.2 Å². The lowest BCUT2D eigenvalue weighted by Gasteiger charge is -2.44. The van der Waals surface area contributed by atoms with E-state index in [1.165, 1.54) is 43.4 Å². The zero-order valence-corrected chi connectivity index (χ0v) is 15.8. The van der Waals surface area contributed by atoms with E-state index in [9.17, 15) is 0 Å². The molecular weight excluding hydrogens is 358 g/mol. The van der Waals surface area contributed by atoms with Gasteiger partial charge in [-0.2, -0.15) is 0 Å². The number of halogens is 1. The van der Waals surface area contributed by atoms with Crippen molar-refractivity contribution >= 4 is 34.4 Å². The van der Waals surface area contributed by atoms with Crippen molar-refractivity contribution in [2.45, 2.75) is 18.8 Å². The predicted molar refractivity (Wildman–Crippen MR) is 110 cm³/mol. The van der Waals surface area contributed by atoms with E-state index in [0.717, 1.165) is 28.1 Å². The van der Waals surface area contributed by atoms with Gasteiger partial charge < -0.3 is 14.3 Å². The average Bonchev–Trinajstić information content (AvgIpc) is 3.33. The van der Waals surface area contributed by atoms with Crippen LogP contribution in [0.4, 0.5) is 0 Å². The molecule has 2 aromatic heterocycles. The molecule has 1 N–H and O–H groups in total. The largest absolute Gasteiger partial charge is 0.436 e. The lowest BCUT2D eigenvalue weighted by molar-refractivity contribution is 0.0877. The number of nitrogens with zero attached hydrogens (tertiary/aromatic N) is 2. The summed E-state index contributed by atoms with van der Waals surface area (Å²) in [7, 11) is 0. The topological polar surface area (TPSA) is 45.1 Å². The highest BCUT2D eigenvalue weighted by atomic mass is 35.5. The number of H-pyrrole nitrogens is 1. The van der Waals surface area contributed by atoms with Crippen LogP contribution in [0.15, 0.2) is 53.1 Å². The fraction of sp³-hybridized carbons (Fsp3) is 0.318. The lowest BCUT2D eigenvalue weighted by Crippen LogP contribution is -2.46. The summed E-state index contributed by atoms with van der Waals surface area (Å²) in [4.78, 5) is 11.0. The van der Waals surface area contributed by atoms with Crippen molar-refractivity contribution in [1.29, 1.82) is 0 Å². The zero-order valence-electron chi connectivity index (χ0n) is 15.0. The van der Waals surface area contributed by atoms with Crippen LogP contribution >= 0.6 is 12.4 Å². The number of aromatic nitrogens is 2. The number of nitrogens with one attached hydrogen (secondary N) is 1. The number of rotatable bonds is 2. The maximum absolute atomic E-state index is 6.10. The molecule has 2 bridgehead atoms. The van der Waals surface area contributed by atoms with Crippen LogP contribution in [0.25, 0.3) is 33.5 Å². The molecule has 2 aromatic carbocycles. The molecule has 5 heteroatoms. The number of benzene rings is 2. The fourth-order valence-electron chi connectivity index (χ4n) is 4.95. The number of aromatic amines is 1. The Balaban J connectivity index is 0.00000160. The van der Waals surface area contributed by atoms with Gasteiger partial charge in [-0.3, -0.25) is 0 Å². The molecule has 0 radical (unpaired) electrons. The first-order valence-corrected chi connectivity index (χ1v) is 9.55. The van der Waals surface area contributed by atoms with Crippen molar-refractivity contribution in [2.24, 2.45) is 5.92 Å². The second-order valence-electron chi connectivity index (χ2n) is 7.71. The summed E-state index contributed by atoms with van der Waals surface area (Å²) in [6.07, 6.45) is 4.86. The van der Waals surface area contributed by atoms with Gasteiger partial charge in [0.1, 0.15) is 5.52 Å². The summed E-state index contributed by atoms with van der Waals surface area (Å²) in [5, 5.41) is 1.26. The van der Waals surface area contributed by atoms with E-state index in [4.69, 9.17) is 9.40 Å². The molecule has 0 amide bonds. The molecule has 3 saturated heterocycles. The molecule has 0 spiro atoms. The van der Waals surface area contributed by atoms with Crippen molar-refractivity contribution in [1.82, 2.24) is 14.9 Å². The lowest BCUT2D eigenvalue weighted by atomic mass is 9.75. The number of piperidine rings is 3. The van der Waals surface area contributed by atoms with Gasteiger partial charge in [-0.05, 0) is 61.7 Å². The third-order valence-corrected chi connectivity index (χ3v) is 6.31. The Morgan fingerprint density at radius 3 is 2.59 bits per heavy atom. The van der Waals surface area contributed by atoms with Gasteiger partial charge in [-0.15, -0.1) is 12.4 Å². The van der Waals surface area contributed by atoms with E-state index in [1.54, 1.807) is 0 Å². The van der Waals surface area contributed by atoms with Crippen LogP contribution in [0.1, 0.15) is 24.3 Å². The minimum Gasteiger partial charge on any atom is -0.436 e. The van der Waals surface area contributed by atoms with Gasteiger partial charge in [0.05, 0.1) is 0 Å². The van der Waals surface area contributed by atoms with Gasteiger partial charge in [0, 0.05) is 35.1 Å². The van der Waals surface area contributed by atoms with E-state index >= 15 is 0 Å². The van der Waals surface area contributed by atoms with E-state index in [2.05, 4.69) is 22.1 Å². The van der Waals surface area contributed by atoms with E-state index < -0.39 is 0 Å². The first-order chi connectivity index (χ1) is 12.9. The highest BCUT2D eigenvalue weighted by Crippen LogP contribution is 2.43. The number of hydrogen-bond donors (Lipinski definition) is 1. The van der Waals surface area contributed by atoms with E-state index in [0.29, 0.717) is 11.8 Å². The number of oxazole rings is 1. The highest BCUT2D eigenvalue weighted by molar-refractivity contribution is 6.05. The third kappa shape index (κ3) is 2.59. The molecule has 0 saturated carbocycles. The standard InChI is InChI=1S/C22H21N3O.ClH/c1-2-4-15(5-3-1)22-24-21-19(26-22)7-6-18-20(21)16(12-23-18)17-13-25-10-8-14(17)9-11-25;/h1-7,12,14,17,23H,8-11,13H2;1H. The number of fused-ring (bicyclic) bond motifs is 6. The van der Waals surface area contributed by atoms with Gasteiger partial charge in [0.15, 0.2) is 5.58 Å². The van der Waals surface area contributed by atoms with Crippen LogP contribution in [0.5, 0.6) is 0 Å². The fourth-order valence-corrected chi connectivity index (χ4v) is 4.95. The van der Waals surface area contributed by atoms with E-state index in [1.807, 2.05) is 36.4 Å². The molecule has 4 nitrogen and oxygen atoms in total. The first kappa shape index (κ1) is 16.8. The van der Waals surface area contributed by atoms with Crippen molar-refractivity contribution in [3.8, 4) is 11.5 Å². The maximum atomic E-state index is 6.10. The molecule has 1 atom stereocenters. The average molecular weight is 380 g/mol.